The van der Waals surface area contributed by atoms with Crippen molar-refractivity contribution in [1.82, 2.24) is 24.8 Å². The van der Waals surface area contributed by atoms with Gasteiger partial charge in [0.1, 0.15) is 11.4 Å². The number of hydrogen-bond acceptors (Lipinski definition) is 7. The van der Waals surface area contributed by atoms with Crippen LogP contribution in [0.3, 0.4) is 0 Å². The second-order valence-corrected chi connectivity index (χ2v) is 7.96. The number of likely N-dealkylation sites (tertiary alicyclic amines) is 1. The topological polar surface area (TPSA) is 84.3 Å². The molecule has 0 aromatic carbocycles. The Bertz CT molecular complexity index is 1070. The van der Waals surface area contributed by atoms with Gasteiger partial charge in [-0.2, -0.15) is 0 Å². The van der Waals surface area contributed by atoms with Crippen LogP contribution in [0.25, 0.3) is 11.4 Å². The molecular weight excluding hydrogens is 404 g/mol. The molecule has 1 fully saturated rings. The summed E-state index contributed by atoms with van der Waals surface area (Å²) in [6, 6.07) is 9.45. The van der Waals surface area contributed by atoms with Crippen LogP contribution in [0.2, 0.25) is 0 Å². The van der Waals surface area contributed by atoms with Gasteiger partial charge in [0.25, 0.3) is 5.91 Å². The van der Waals surface area contributed by atoms with Crippen molar-refractivity contribution in [3.05, 3.63) is 60.2 Å². The summed E-state index contributed by atoms with van der Waals surface area (Å²) >= 11 is 0. The third-order valence-electron chi connectivity index (χ3n) is 5.61. The summed E-state index contributed by atoms with van der Waals surface area (Å²) in [4.78, 5) is 34.9. The molecule has 4 heterocycles. The molecule has 0 N–H and O–H groups in total. The fourth-order valence-corrected chi connectivity index (χ4v) is 3.87. The van der Waals surface area contributed by atoms with Crippen molar-refractivity contribution in [1.29, 1.82) is 0 Å². The molecule has 1 aliphatic heterocycles. The average Bonchev–Trinajstić information content (AvgIpc) is 2.84. The molecule has 0 unspecified atom stereocenters. The Morgan fingerprint density at radius 1 is 1.12 bits per heavy atom. The second-order valence-electron chi connectivity index (χ2n) is 7.96. The Kier molecular flexibility index (Phi) is 6.58. The molecule has 0 spiro atoms. The van der Waals surface area contributed by atoms with Gasteiger partial charge in [0.05, 0.1) is 6.61 Å². The number of anilines is 1. The van der Waals surface area contributed by atoms with Crippen LogP contribution in [0.1, 0.15) is 41.7 Å². The summed E-state index contributed by atoms with van der Waals surface area (Å²) in [6.07, 6.45) is 6.83. The summed E-state index contributed by atoms with van der Waals surface area (Å²) < 4.78 is 5.55. The van der Waals surface area contributed by atoms with Gasteiger partial charge in [-0.1, -0.05) is 0 Å². The molecule has 1 saturated heterocycles. The Morgan fingerprint density at radius 3 is 2.56 bits per heavy atom. The van der Waals surface area contributed by atoms with E-state index in [1.54, 1.807) is 30.7 Å². The molecule has 0 atom stereocenters. The summed E-state index contributed by atoms with van der Waals surface area (Å²) in [5.74, 6) is 2.20. The number of carbonyl (C=O) groups excluding carboxylic acids is 1. The van der Waals surface area contributed by atoms with Crippen LogP contribution in [0, 0.1) is 0 Å². The van der Waals surface area contributed by atoms with E-state index in [-0.39, 0.29) is 11.8 Å². The Hall–Kier alpha value is -3.55. The number of piperidine rings is 1. The molecule has 4 rings (SSSR count). The van der Waals surface area contributed by atoms with Gasteiger partial charge in [0.2, 0.25) is 5.88 Å². The van der Waals surface area contributed by atoms with Crippen LogP contribution in [0.15, 0.2) is 48.9 Å². The summed E-state index contributed by atoms with van der Waals surface area (Å²) in [5, 5.41) is 0. The lowest BCUT2D eigenvalue weighted by molar-refractivity contribution is 0.0707. The van der Waals surface area contributed by atoms with Crippen LogP contribution in [-0.4, -0.2) is 64.5 Å². The fourth-order valence-electron chi connectivity index (χ4n) is 3.87. The van der Waals surface area contributed by atoms with Gasteiger partial charge < -0.3 is 14.5 Å². The minimum atomic E-state index is -0.0332. The van der Waals surface area contributed by atoms with E-state index in [4.69, 9.17) is 14.7 Å². The zero-order valence-corrected chi connectivity index (χ0v) is 18.7. The largest absolute Gasteiger partial charge is 0.477 e. The first kappa shape index (κ1) is 21.7. The lowest BCUT2D eigenvalue weighted by Crippen LogP contribution is -2.38. The molecule has 32 heavy (non-hydrogen) atoms. The monoisotopic (exact) mass is 432 g/mol. The number of hydrogen-bond donors (Lipinski definition) is 0. The minimum Gasteiger partial charge on any atom is -0.477 e. The van der Waals surface area contributed by atoms with Crippen LogP contribution in [0.5, 0.6) is 5.88 Å². The third kappa shape index (κ3) is 4.69. The lowest BCUT2D eigenvalue weighted by Gasteiger charge is -2.32. The molecule has 8 heteroatoms. The van der Waals surface area contributed by atoms with Crippen LogP contribution < -0.4 is 9.64 Å². The Morgan fingerprint density at radius 2 is 1.88 bits per heavy atom. The Balaban J connectivity index is 1.52. The van der Waals surface area contributed by atoms with Crippen molar-refractivity contribution in [2.45, 2.75) is 25.7 Å². The predicted molar refractivity (Wildman–Crippen MR) is 123 cm³/mol. The zero-order valence-electron chi connectivity index (χ0n) is 18.7. The molecule has 0 aliphatic carbocycles. The highest BCUT2D eigenvalue weighted by molar-refractivity contribution is 5.96. The number of amides is 1. The van der Waals surface area contributed by atoms with E-state index in [0.29, 0.717) is 37.0 Å². The number of ether oxygens (including phenoxy) is 1. The first-order chi connectivity index (χ1) is 15.6. The van der Waals surface area contributed by atoms with Gasteiger partial charge in [-0.3, -0.25) is 9.78 Å². The van der Waals surface area contributed by atoms with E-state index < -0.39 is 0 Å². The quantitative estimate of drug-likeness (QED) is 0.590. The van der Waals surface area contributed by atoms with Crippen LogP contribution in [-0.2, 0) is 0 Å². The van der Waals surface area contributed by atoms with E-state index in [1.807, 2.05) is 43.0 Å². The van der Waals surface area contributed by atoms with Gasteiger partial charge in [-0.15, -0.1) is 0 Å². The highest BCUT2D eigenvalue weighted by Gasteiger charge is 2.28. The number of carbonyl (C=O) groups is 1. The van der Waals surface area contributed by atoms with E-state index in [9.17, 15) is 4.79 Å². The molecule has 3 aromatic rings. The van der Waals surface area contributed by atoms with E-state index in [0.717, 1.165) is 29.9 Å². The van der Waals surface area contributed by atoms with Crippen LogP contribution in [0.4, 0.5) is 5.82 Å². The van der Waals surface area contributed by atoms with E-state index >= 15 is 0 Å². The maximum absolute atomic E-state index is 13.1. The average molecular weight is 433 g/mol. The first-order valence-electron chi connectivity index (χ1n) is 10.9. The molecule has 3 aromatic heterocycles. The lowest BCUT2D eigenvalue weighted by atomic mass is 9.92. The molecule has 1 aliphatic rings. The van der Waals surface area contributed by atoms with Crippen molar-refractivity contribution >= 4 is 11.7 Å². The SMILES string of the molecule is CCOc1ncccc1C(=O)N1CCC(c2cc(N(C)C)nc(-c3ccncc3)n2)CC1. The molecule has 0 bridgehead atoms. The minimum absolute atomic E-state index is 0.0332. The maximum Gasteiger partial charge on any atom is 0.259 e. The fraction of sp³-hybridized carbons (Fsp3) is 0.375. The van der Waals surface area contributed by atoms with Crippen molar-refractivity contribution in [3.8, 4) is 17.3 Å². The molecule has 166 valence electrons. The molecular formula is C24H28N6O2. The van der Waals surface area contributed by atoms with Gasteiger partial charge in [0.15, 0.2) is 5.82 Å². The summed E-state index contributed by atoms with van der Waals surface area (Å²) in [5.41, 5.74) is 2.47. The Labute approximate surface area is 188 Å². The molecule has 0 saturated carbocycles. The number of rotatable bonds is 6. The molecule has 8 nitrogen and oxygen atoms in total. The van der Waals surface area contributed by atoms with Crippen molar-refractivity contribution in [3.63, 3.8) is 0 Å². The van der Waals surface area contributed by atoms with Gasteiger partial charge >= 0.3 is 0 Å². The van der Waals surface area contributed by atoms with E-state index in [2.05, 4.69) is 16.0 Å². The standard InChI is InChI=1S/C24H28N6O2/c1-4-32-23-19(6-5-11-26-23)24(31)30-14-9-17(10-15-30)20-16-21(29(2)3)28-22(27-20)18-7-12-25-13-8-18/h5-8,11-13,16-17H,4,9-10,14-15H2,1-3H3. The van der Waals surface area contributed by atoms with Crippen molar-refractivity contribution in [2.75, 3.05) is 38.7 Å². The first-order valence-corrected chi connectivity index (χ1v) is 10.9. The number of aromatic nitrogens is 4. The molecule has 0 radical (unpaired) electrons. The normalized spacial score (nSPS) is 14.3. The number of nitrogens with zero attached hydrogens (tertiary/aromatic N) is 6. The summed E-state index contributed by atoms with van der Waals surface area (Å²) in [7, 11) is 3.96. The van der Waals surface area contributed by atoms with Crippen molar-refractivity contribution < 1.29 is 9.53 Å². The van der Waals surface area contributed by atoms with Crippen molar-refractivity contribution in [2.24, 2.45) is 0 Å². The second kappa shape index (κ2) is 9.72. The van der Waals surface area contributed by atoms with Gasteiger partial charge in [0, 0.05) is 69.0 Å². The predicted octanol–water partition coefficient (Wildman–Crippen LogP) is 3.42. The van der Waals surface area contributed by atoms with Crippen LogP contribution >= 0.6 is 0 Å². The highest BCUT2D eigenvalue weighted by atomic mass is 16.5. The summed E-state index contributed by atoms with van der Waals surface area (Å²) in [6.45, 7) is 3.69. The smallest absolute Gasteiger partial charge is 0.259 e. The van der Waals surface area contributed by atoms with Gasteiger partial charge in [-0.05, 0) is 44.0 Å². The highest BCUT2D eigenvalue weighted by Crippen LogP contribution is 2.31. The number of pyridine rings is 2. The zero-order chi connectivity index (χ0) is 22.5. The maximum atomic E-state index is 13.1. The van der Waals surface area contributed by atoms with E-state index in [1.165, 1.54) is 0 Å². The van der Waals surface area contributed by atoms with Gasteiger partial charge in [-0.25, -0.2) is 15.0 Å². The molecule has 1 amide bonds. The third-order valence-corrected chi connectivity index (χ3v) is 5.61.